The molecule has 0 N–H and O–H groups in total. The highest BCUT2D eigenvalue weighted by atomic mass is 16.6. The van der Waals surface area contributed by atoms with E-state index in [0.717, 1.165) is 39.2 Å². The van der Waals surface area contributed by atoms with Gasteiger partial charge in [-0.05, 0) is 25.7 Å². The number of methoxy groups -OCH3 is 1. The van der Waals surface area contributed by atoms with E-state index in [1.807, 2.05) is 0 Å². The molecule has 0 aromatic carbocycles. The molecule has 0 aromatic rings. The van der Waals surface area contributed by atoms with E-state index in [4.69, 9.17) is 10.3 Å². The van der Waals surface area contributed by atoms with Gasteiger partial charge in [-0.1, -0.05) is 6.42 Å². The topological polar surface area (TPSA) is 89.0 Å². The average Bonchev–Trinajstić information content (AvgIpc) is 2.31. The highest BCUT2D eigenvalue weighted by Crippen LogP contribution is 2.20. The minimum atomic E-state index is -0.997. The fourth-order valence-corrected chi connectivity index (χ4v) is 1.65. The molecule has 0 amide bonds. The molecule has 0 saturated heterocycles. The Morgan fingerprint density at radius 3 is 2.31 bits per heavy atom. The van der Waals surface area contributed by atoms with Gasteiger partial charge in [0.2, 0.25) is 0 Å². The van der Waals surface area contributed by atoms with Crippen molar-refractivity contribution < 1.29 is 23.9 Å². The van der Waals surface area contributed by atoms with E-state index in [9.17, 15) is 9.59 Å². The van der Waals surface area contributed by atoms with Crippen LogP contribution >= 0.6 is 0 Å². The Hall–Kier alpha value is -1.68. The average molecular weight is 226 g/mol. The number of carbonyl (C=O) groups is 2. The van der Waals surface area contributed by atoms with Crippen molar-refractivity contribution in [3.05, 3.63) is 5.53 Å². The summed E-state index contributed by atoms with van der Waals surface area (Å²) in [5.74, 6) is -1.93. The first-order chi connectivity index (χ1) is 7.69. The third-order valence-electron chi connectivity index (χ3n) is 2.50. The maximum atomic E-state index is 11.4. The summed E-state index contributed by atoms with van der Waals surface area (Å²) in [5.41, 5.74) is 7.80. The molecule has 0 bridgehead atoms. The molecule has 0 heterocycles. The number of nitrogens with zero attached hydrogens (tertiary/aromatic N) is 2. The van der Waals surface area contributed by atoms with Crippen molar-refractivity contribution in [3.63, 3.8) is 0 Å². The van der Waals surface area contributed by atoms with Gasteiger partial charge in [-0.3, -0.25) is 0 Å². The summed E-state index contributed by atoms with van der Waals surface area (Å²) < 4.78 is 9.32. The van der Waals surface area contributed by atoms with E-state index >= 15 is 0 Å². The van der Waals surface area contributed by atoms with Crippen molar-refractivity contribution >= 4 is 17.7 Å². The smallest absolute Gasteiger partial charge is 0.460 e. The van der Waals surface area contributed by atoms with Gasteiger partial charge in [-0.2, -0.15) is 4.79 Å². The lowest BCUT2D eigenvalue weighted by molar-refractivity contribution is -0.152. The standard InChI is InChI=1S/C10H14N2O4/c1-15-9(13)8(12-11)10(14)16-7-5-3-2-4-6-7/h7H,2-6H2,1H3. The van der Waals surface area contributed by atoms with Crippen LogP contribution in [0.1, 0.15) is 32.1 Å². The Morgan fingerprint density at radius 1 is 1.19 bits per heavy atom. The first kappa shape index (κ1) is 12.4. The lowest BCUT2D eigenvalue weighted by Crippen LogP contribution is -2.32. The maximum Gasteiger partial charge on any atom is 0.482 e. The van der Waals surface area contributed by atoms with Crippen molar-refractivity contribution in [1.29, 1.82) is 0 Å². The van der Waals surface area contributed by atoms with Crippen LogP contribution in [0, 0.1) is 0 Å². The van der Waals surface area contributed by atoms with Gasteiger partial charge in [0.15, 0.2) is 0 Å². The molecule has 6 nitrogen and oxygen atoms in total. The van der Waals surface area contributed by atoms with Crippen LogP contribution < -0.4 is 0 Å². The van der Waals surface area contributed by atoms with Crippen LogP contribution in [0.4, 0.5) is 0 Å². The molecule has 0 radical (unpaired) electrons. The Bertz CT molecular complexity index is 328. The lowest BCUT2D eigenvalue weighted by Gasteiger charge is -2.20. The molecule has 0 atom stereocenters. The zero-order valence-corrected chi connectivity index (χ0v) is 9.14. The van der Waals surface area contributed by atoms with Crippen LogP contribution in [-0.4, -0.2) is 35.7 Å². The van der Waals surface area contributed by atoms with Crippen LogP contribution in [0.15, 0.2) is 0 Å². The van der Waals surface area contributed by atoms with E-state index in [1.54, 1.807) is 0 Å². The number of hydrogen-bond acceptors (Lipinski definition) is 4. The van der Waals surface area contributed by atoms with Crippen molar-refractivity contribution in [3.8, 4) is 0 Å². The lowest BCUT2D eigenvalue weighted by atomic mass is 9.98. The Morgan fingerprint density at radius 2 is 1.81 bits per heavy atom. The quantitative estimate of drug-likeness (QED) is 0.233. The van der Waals surface area contributed by atoms with Crippen LogP contribution in [0.3, 0.4) is 0 Å². The molecule has 1 rings (SSSR count). The van der Waals surface area contributed by atoms with Crippen LogP contribution in [0.5, 0.6) is 0 Å². The zero-order chi connectivity index (χ0) is 12.0. The van der Waals surface area contributed by atoms with Gasteiger partial charge >= 0.3 is 17.7 Å². The molecule has 0 spiro atoms. The summed E-state index contributed by atoms with van der Waals surface area (Å²) in [6.45, 7) is 0. The van der Waals surface area contributed by atoms with Crippen molar-refractivity contribution in [1.82, 2.24) is 0 Å². The number of hydrogen-bond donors (Lipinski definition) is 0. The van der Waals surface area contributed by atoms with E-state index in [2.05, 4.69) is 9.53 Å². The second-order valence-electron chi connectivity index (χ2n) is 3.61. The molecule has 0 aliphatic heterocycles. The Balaban J connectivity index is 2.56. The molecule has 1 fully saturated rings. The molecule has 16 heavy (non-hydrogen) atoms. The van der Waals surface area contributed by atoms with Crippen molar-refractivity contribution in [2.45, 2.75) is 38.2 Å². The van der Waals surface area contributed by atoms with Gasteiger partial charge in [0.05, 0.1) is 7.11 Å². The molecule has 1 aliphatic rings. The predicted octanol–water partition coefficient (Wildman–Crippen LogP) is 0.706. The van der Waals surface area contributed by atoms with Crippen LogP contribution in [0.2, 0.25) is 0 Å². The largest absolute Gasteiger partial charge is 0.482 e. The minimum Gasteiger partial charge on any atom is -0.460 e. The molecule has 1 saturated carbocycles. The summed E-state index contributed by atoms with van der Waals surface area (Å²) in [4.78, 5) is 25.0. The summed E-state index contributed by atoms with van der Waals surface area (Å²) in [6, 6.07) is 0. The van der Waals surface area contributed by atoms with E-state index < -0.39 is 17.7 Å². The summed E-state index contributed by atoms with van der Waals surface area (Å²) in [5, 5.41) is 0. The monoisotopic (exact) mass is 226 g/mol. The van der Waals surface area contributed by atoms with Gasteiger partial charge in [0.1, 0.15) is 6.10 Å². The first-order valence-electron chi connectivity index (χ1n) is 5.20. The molecule has 6 heteroatoms. The summed E-state index contributed by atoms with van der Waals surface area (Å²) in [7, 11) is 1.10. The zero-order valence-electron chi connectivity index (χ0n) is 9.14. The van der Waals surface area contributed by atoms with Crippen LogP contribution in [0.25, 0.3) is 5.53 Å². The molecule has 1 aliphatic carbocycles. The fourth-order valence-electron chi connectivity index (χ4n) is 1.65. The fraction of sp³-hybridized carbons (Fsp3) is 0.700. The molecular weight excluding hydrogens is 212 g/mol. The number of ether oxygens (including phenoxy) is 2. The van der Waals surface area contributed by atoms with Gasteiger partial charge < -0.3 is 15.0 Å². The first-order valence-corrected chi connectivity index (χ1v) is 5.20. The van der Waals surface area contributed by atoms with Gasteiger partial charge in [0, 0.05) is 0 Å². The SMILES string of the molecule is COC(=O)C(=[N+]=[N-])C(=O)OC1CCCCC1. The minimum absolute atomic E-state index is 0.192. The van der Waals surface area contributed by atoms with E-state index in [1.165, 1.54) is 0 Å². The summed E-state index contributed by atoms with van der Waals surface area (Å²) in [6.07, 6.45) is 4.51. The number of carbonyl (C=O) groups excluding carboxylic acids is 2. The van der Waals surface area contributed by atoms with Crippen molar-refractivity contribution in [2.24, 2.45) is 0 Å². The number of esters is 2. The van der Waals surface area contributed by atoms with Crippen LogP contribution in [-0.2, 0) is 19.1 Å². The Labute approximate surface area is 93.2 Å². The Kier molecular flexibility index (Phi) is 4.66. The maximum absolute atomic E-state index is 11.4. The van der Waals surface area contributed by atoms with Crippen molar-refractivity contribution in [2.75, 3.05) is 7.11 Å². The predicted molar refractivity (Wildman–Crippen MR) is 53.6 cm³/mol. The third-order valence-corrected chi connectivity index (χ3v) is 2.50. The molecular formula is C10H14N2O4. The molecule has 88 valence electrons. The van der Waals surface area contributed by atoms with Gasteiger partial charge in [-0.25, -0.2) is 9.59 Å². The highest BCUT2D eigenvalue weighted by Gasteiger charge is 2.34. The molecule has 0 aromatic heterocycles. The highest BCUT2D eigenvalue weighted by molar-refractivity contribution is 6.60. The van der Waals surface area contributed by atoms with Gasteiger partial charge in [0.25, 0.3) is 0 Å². The second kappa shape index (κ2) is 6.02. The second-order valence-corrected chi connectivity index (χ2v) is 3.61. The molecule has 0 unspecified atom stereocenters. The normalized spacial score (nSPS) is 16.1. The van der Waals surface area contributed by atoms with Gasteiger partial charge in [-0.15, -0.1) is 0 Å². The van der Waals surface area contributed by atoms with E-state index in [-0.39, 0.29) is 6.10 Å². The number of rotatable bonds is 3. The third kappa shape index (κ3) is 3.17. The van der Waals surface area contributed by atoms with E-state index in [0.29, 0.717) is 0 Å². The summed E-state index contributed by atoms with van der Waals surface area (Å²) >= 11 is 0.